The molecule has 1 aromatic carbocycles. The lowest BCUT2D eigenvalue weighted by molar-refractivity contribution is -0.608. The van der Waals surface area contributed by atoms with Crippen LogP contribution in [-0.2, 0) is 20.8 Å². The molecule has 1 heterocycles. The Morgan fingerprint density at radius 1 is 1.08 bits per heavy atom. The molecule has 25 heavy (non-hydrogen) atoms. The molecule has 0 saturated carbocycles. The normalized spacial score (nSPS) is 9.96. The number of aromatic nitrogens is 1. The lowest BCUT2D eigenvalue weighted by Crippen LogP contribution is -2.36. The van der Waals surface area contributed by atoms with Crippen molar-refractivity contribution in [2.24, 2.45) is 0 Å². The van der Waals surface area contributed by atoms with E-state index in [1.165, 1.54) is 25.3 Å². The topological polar surface area (TPSA) is 109 Å². The third kappa shape index (κ3) is 5.03. The average Bonchev–Trinajstić information content (AvgIpc) is 2.64. The van der Waals surface area contributed by atoms with Crippen molar-refractivity contribution in [1.29, 1.82) is 0 Å². The molecule has 0 aliphatic rings. The Morgan fingerprint density at radius 3 is 2.44 bits per heavy atom. The number of carbonyl (C=O) groups is 3. The van der Waals surface area contributed by atoms with Gasteiger partial charge in [0.15, 0.2) is 12.8 Å². The van der Waals surface area contributed by atoms with Crippen molar-refractivity contribution >= 4 is 17.8 Å². The second kappa shape index (κ2) is 8.44. The summed E-state index contributed by atoms with van der Waals surface area (Å²) in [6.45, 7) is -0.307. The van der Waals surface area contributed by atoms with Crippen molar-refractivity contribution < 1.29 is 28.6 Å². The van der Waals surface area contributed by atoms with Gasteiger partial charge in [-0.15, -0.1) is 0 Å². The SMILES string of the molecule is COC(=O)c1ccc(CNC(=O)COC(=O)c2cccc[n+]2[O-])cc1. The number of ether oxygens (including phenoxy) is 2. The van der Waals surface area contributed by atoms with Gasteiger partial charge >= 0.3 is 17.6 Å². The lowest BCUT2D eigenvalue weighted by Gasteiger charge is -2.07. The quantitative estimate of drug-likeness (QED) is 0.466. The number of nitrogens with one attached hydrogen (secondary N) is 1. The summed E-state index contributed by atoms with van der Waals surface area (Å²) < 4.78 is 9.75. The number of carbonyl (C=O) groups excluding carboxylic acids is 3. The summed E-state index contributed by atoms with van der Waals surface area (Å²) >= 11 is 0. The molecule has 0 saturated heterocycles. The van der Waals surface area contributed by atoms with E-state index in [2.05, 4.69) is 10.1 Å². The summed E-state index contributed by atoms with van der Waals surface area (Å²) in [5, 5.41) is 14.0. The van der Waals surface area contributed by atoms with Gasteiger partial charge in [-0.05, 0) is 23.8 Å². The van der Waals surface area contributed by atoms with E-state index in [4.69, 9.17) is 4.74 Å². The Balaban J connectivity index is 1.80. The van der Waals surface area contributed by atoms with Crippen molar-refractivity contribution in [3.05, 3.63) is 70.7 Å². The summed E-state index contributed by atoms with van der Waals surface area (Å²) in [6.07, 6.45) is 1.16. The predicted molar refractivity (Wildman–Crippen MR) is 85.3 cm³/mol. The zero-order valence-electron chi connectivity index (χ0n) is 13.4. The third-order valence-corrected chi connectivity index (χ3v) is 3.23. The van der Waals surface area contributed by atoms with Crippen LogP contribution in [0.5, 0.6) is 0 Å². The molecule has 0 radical (unpaired) electrons. The number of esters is 2. The van der Waals surface area contributed by atoms with Crippen LogP contribution >= 0.6 is 0 Å². The maximum absolute atomic E-state index is 11.7. The Morgan fingerprint density at radius 2 is 1.80 bits per heavy atom. The maximum Gasteiger partial charge on any atom is 0.405 e. The fraction of sp³-hybridized carbons (Fsp3) is 0.176. The van der Waals surface area contributed by atoms with Crippen LogP contribution in [0.4, 0.5) is 0 Å². The van der Waals surface area contributed by atoms with E-state index < -0.39 is 24.5 Å². The van der Waals surface area contributed by atoms with E-state index in [0.717, 1.165) is 11.8 Å². The number of hydrogen-bond donors (Lipinski definition) is 1. The highest BCUT2D eigenvalue weighted by atomic mass is 16.5. The van der Waals surface area contributed by atoms with Crippen LogP contribution in [0.25, 0.3) is 0 Å². The van der Waals surface area contributed by atoms with Gasteiger partial charge < -0.3 is 20.0 Å². The van der Waals surface area contributed by atoms with Crippen LogP contribution in [0.15, 0.2) is 48.7 Å². The van der Waals surface area contributed by atoms with E-state index in [0.29, 0.717) is 10.3 Å². The number of methoxy groups -OCH3 is 1. The Hall–Kier alpha value is -3.42. The summed E-state index contributed by atoms with van der Waals surface area (Å²) in [5.41, 5.74) is 0.960. The number of benzene rings is 1. The van der Waals surface area contributed by atoms with Gasteiger partial charge in [0.1, 0.15) is 0 Å². The van der Waals surface area contributed by atoms with Gasteiger partial charge in [0.25, 0.3) is 5.91 Å². The van der Waals surface area contributed by atoms with E-state index in [-0.39, 0.29) is 12.2 Å². The van der Waals surface area contributed by atoms with Crippen LogP contribution in [0.1, 0.15) is 26.4 Å². The van der Waals surface area contributed by atoms with E-state index in [1.54, 1.807) is 24.3 Å². The molecule has 2 aromatic rings. The Kier molecular flexibility index (Phi) is 6.05. The van der Waals surface area contributed by atoms with Crippen LogP contribution in [0.3, 0.4) is 0 Å². The van der Waals surface area contributed by atoms with Gasteiger partial charge in [-0.2, -0.15) is 4.73 Å². The van der Waals surface area contributed by atoms with Crippen LogP contribution < -0.4 is 10.0 Å². The standard InChI is InChI=1S/C17H16N2O6/c1-24-16(21)13-7-5-12(6-8-13)10-18-15(20)11-25-17(22)14-4-2-3-9-19(14)23/h2-9H,10-11H2,1H3,(H,18,20). The van der Waals surface area contributed by atoms with Crippen LogP contribution in [0, 0.1) is 5.21 Å². The third-order valence-electron chi connectivity index (χ3n) is 3.23. The highest BCUT2D eigenvalue weighted by molar-refractivity contribution is 5.89. The maximum atomic E-state index is 11.7. The number of rotatable bonds is 6. The first kappa shape index (κ1) is 17.9. The van der Waals surface area contributed by atoms with Gasteiger partial charge in [-0.25, -0.2) is 9.59 Å². The molecule has 1 aromatic heterocycles. The molecule has 8 nitrogen and oxygen atoms in total. The van der Waals surface area contributed by atoms with Gasteiger partial charge in [-0.1, -0.05) is 12.1 Å². The molecule has 1 N–H and O–H groups in total. The van der Waals surface area contributed by atoms with Crippen molar-refractivity contribution in [1.82, 2.24) is 5.32 Å². The minimum Gasteiger partial charge on any atom is -0.618 e. The molecule has 0 spiro atoms. The fourth-order valence-corrected chi connectivity index (χ4v) is 1.92. The lowest BCUT2D eigenvalue weighted by atomic mass is 10.1. The van der Waals surface area contributed by atoms with Crippen molar-refractivity contribution in [3.8, 4) is 0 Å². The van der Waals surface area contributed by atoms with E-state index in [1.807, 2.05) is 0 Å². The zero-order chi connectivity index (χ0) is 18.2. The molecule has 130 valence electrons. The number of pyridine rings is 1. The minimum absolute atomic E-state index is 0.199. The number of nitrogens with zero attached hydrogens (tertiary/aromatic N) is 1. The Bertz CT molecular complexity index is 773. The first-order valence-corrected chi connectivity index (χ1v) is 7.30. The summed E-state index contributed by atoms with van der Waals surface area (Å²) in [7, 11) is 1.29. The fourth-order valence-electron chi connectivity index (χ4n) is 1.92. The van der Waals surface area contributed by atoms with Crippen molar-refractivity contribution in [2.45, 2.75) is 6.54 Å². The minimum atomic E-state index is -0.881. The zero-order valence-corrected chi connectivity index (χ0v) is 13.4. The van der Waals surface area contributed by atoms with Gasteiger partial charge in [0, 0.05) is 18.7 Å². The van der Waals surface area contributed by atoms with Gasteiger partial charge in [-0.3, -0.25) is 4.79 Å². The monoisotopic (exact) mass is 344 g/mol. The summed E-state index contributed by atoms with van der Waals surface area (Å²) in [5.74, 6) is -1.84. The number of hydrogen-bond acceptors (Lipinski definition) is 6. The Labute approximate surface area is 143 Å². The van der Waals surface area contributed by atoms with Crippen molar-refractivity contribution in [3.63, 3.8) is 0 Å². The van der Waals surface area contributed by atoms with Crippen LogP contribution in [0.2, 0.25) is 0 Å². The van der Waals surface area contributed by atoms with Gasteiger partial charge in [0.05, 0.1) is 12.7 Å². The molecule has 2 rings (SSSR count). The largest absolute Gasteiger partial charge is 0.618 e. The van der Waals surface area contributed by atoms with Gasteiger partial charge in [0.2, 0.25) is 0 Å². The molecule has 0 unspecified atom stereocenters. The molecule has 0 bridgehead atoms. The molecular weight excluding hydrogens is 328 g/mol. The predicted octanol–water partition coefficient (Wildman–Crippen LogP) is 0.580. The summed E-state index contributed by atoms with van der Waals surface area (Å²) in [4.78, 5) is 34.7. The summed E-state index contributed by atoms with van der Waals surface area (Å²) in [6, 6.07) is 10.8. The molecule has 8 heteroatoms. The molecule has 0 aliphatic carbocycles. The average molecular weight is 344 g/mol. The smallest absolute Gasteiger partial charge is 0.405 e. The first-order valence-electron chi connectivity index (χ1n) is 7.30. The molecule has 0 fully saturated rings. The first-order chi connectivity index (χ1) is 12.0. The van der Waals surface area contributed by atoms with E-state index >= 15 is 0 Å². The second-order valence-electron chi connectivity index (χ2n) is 4.95. The number of amides is 1. The highest BCUT2D eigenvalue weighted by Gasteiger charge is 2.18. The molecule has 0 aliphatic heterocycles. The molecular formula is C17H16N2O6. The van der Waals surface area contributed by atoms with Crippen LogP contribution in [-0.4, -0.2) is 31.6 Å². The highest BCUT2D eigenvalue weighted by Crippen LogP contribution is 2.05. The molecule has 0 atom stereocenters. The van der Waals surface area contributed by atoms with Crippen molar-refractivity contribution in [2.75, 3.05) is 13.7 Å². The van der Waals surface area contributed by atoms with E-state index in [9.17, 15) is 19.6 Å². The molecule has 1 amide bonds. The second-order valence-corrected chi connectivity index (χ2v) is 4.95.